The Morgan fingerprint density at radius 3 is 2.67 bits per heavy atom. The molecule has 2 amide bonds. The molecule has 0 radical (unpaired) electrons. The van der Waals surface area contributed by atoms with E-state index in [1.807, 2.05) is 0 Å². The van der Waals surface area contributed by atoms with E-state index < -0.39 is 12.1 Å². The third kappa shape index (κ3) is 4.20. The van der Waals surface area contributed by atoms with E-state index >= 15 is 0 Å². The standard InChI is InChI=1S/C21H21F3N4O5/c22-21(23,24)20-26-17(27-33-20)11-1-2-12-8-28(19(30)14(12)7-11)16-10-32-6-4-15(16)25-18(29)13-3-5-31-9-13/h1-2,7,13,15-16H,3-6,8-10H2,(H,25,29)/t13-,15+,16+/m1/s1. The summed E-state index contributed by atoms with van der Waals surface area (Å²) < 4.78 is 53.5. The van der Waals surface area contributed by atoms with Crippen molar-refractivity contribution in [1.82, 2.24) is 20.4 Å². The molecule has 0 unspecified atom stereocenters. The Morgan fingerprint density at radius 2 is 1.94 bits per heavy atom. The van der Waals surface area contributed by atoms with Crippen molar-refractivity contribution in [1.29, 1.82) is 0 Å². The van der Waals surface area contributed by atoms with Crippen molar-refractivity contribution in [2.24, 2.45) is 5.92 Å². The van der Waals surface area contributed by atoms with Gasteiger partial charge in [0.05, 0.1) is 31.2 Å². The lowest BCUT2D eigenvalue weighted by Gasteiger charge is -2.38. The molecule has 1 N–H and O–H groups in total. The van der Waals surface area contributed by atoms with Crippen LogP contribution in [-0.2, 0) is 27.0 Å². The second-order valence-electron chi connectivity index (χ2n) is 8.33. The van der Waals surface area contributed by atoms with Crippen LogP contribution in [0.3, 0.4) is 0 Å². The zero-order valence-corrected chi connectivity index (χ0v) is 17.4. The van der Waals surface area contributed by atoms with Crippen LogP contribution in [0.1, 0.15) is 34.7 Å². The van der Waals surface area contributed by atoms with Gasteiger partial charge in [-0.15, -0.1) is 0 Å². The van der Waals surface area contributed by atoms with E-state index in [-0.39, 0.29) is 47.8 Å². The molecular weight excluding hydrogens is 445 g/mol. The van der Waals surface area contributed by atoms with Crippen molar-refractivity contribution in [3.63, 3.8) is 0 Å². The van der Waals surface area contributed by atoms with Crippen LogP contribution in [0.25, 0.3) is 11.4 Å². The Balaban J connectivity index is 1.34. The molecule has 4 heterocycles. The smallest absolute Gasteiger partial charge is 0.381 e. The predicted molar refractivity (Wildman–Crippen MR) is 105 cm³/mol. The number of rotatable bonds is 4. The Morgan fingerprint density at radius 1 is 1.15 bits per heavy atom. The average Bonchev–Trinajstić information content (AvgIpc) is 3.54. The molecule has 2 aromatic rings. The Labute approximate surface area is 186 Å². The Bertz CT molecular complexity index is 1070. The molecule has 3 aliphatic heterocycles. The van der Waals surface area contributed by atoms with Crippen molar-refractivity contribution < 1.29 is 36.8 Å². The van der Waals surface area contributed by atoms with E-state index in [9.17, 15) is 22.8 Å². The van der Waals surface area contributed by atoms with Gasteiger partial charge in [-0.2, -0.15) is 18.2 Å². The fourth-order valence-electron chi connectivity index (χ4n) is 4.43. The third-order valence-electron chi connectivity index (χ3n) is 6.22. The second kappa shape index (κ2) is 8.41. The fourth-order valence-corrected chi connectivity index (χ4v) is 4.43. The maximum absolute atomic E-state index is 13.2. The lowest BCUT2D eigenvalue weighted by molar-refractivity contribution is -0.159. The van der Waals surface area contributed by atoms with Crippen LogP contribution < -0.4 is 5.32 Å². The Kier molecular flexibility index (Phi) is 5.57. The number of halogens is 3. The van der Waals surface area contributed by atoms with Crippen molar-refractivity contribution in [3.8, 4) is 11.4 Å². The van der Waals surface area contributed by atoms with E-state index in [2.05, 4.69) is 20.0 Å². The van der Waals surface area contributed by atoms with Gasteiger partial charge in [0.15, 0.2) is 0 Å². The van der Waals surface area contributed by atoms with E-state index in [0.717, 1.165) is 5.56 Å². The number of ether oxygens (including phenoxy) is 2. The summed E-state index contributed by atoms with van der Waals surface area (Å²) in [6, 6.07) is 4.05. The number of aromatic nitrogens is 2. The van der Waals surface area contributed by atoms with Crippen LogP contribution in [0, 0.1) is 5.92 Å². The van der Waals surface area contributed by atoms with Crippen LogP contribution in [0.2, 0.25) is 0 Å². The minimum Gasteiger partial charge on any atom is -0.381 e. The van der Waals surface area contributed by atoms with Gasteiger partial charge in [-0.3, -0.25) is 9.59 Å². The highest BCUT2D eigenvalue weighted by Gasteiger charge is 2.41. The average molecular weight is 466 g/mol. The largest absolute Gasteiger partial charge is 0.471 e. The van der Waals surface area contributed by atoms with Crippen LogP contribution >= 0.6 is 0 Å². The van der Waals surface area contributed by atoms with Gasteiger partial charge in [-0.1, -0.05) is 17.3 Å². The molecule has 0 spiro atoms. The number of nitrogens with zero attached hydrogens (tertiary/aromatic N) is 3. The fraction of sp³-hybridized carbons (Fsp3) is 0.524. The number of carbonyl (C=O) groups excluding carboxylic acids is 2. The predicted octanol–water partition coefficient (Wildman–Crippen LogP) is 2.02. The first-order valence-corrected chi connectivity index (χ1v) is 10.6. The lowest BCUT2D eigenvalue weighted by Crippen LogP contribution is -2.57. The number of hydrogen-bond acceptors (Lipinski definition) is 7. The second-order valence-corrected chi connectivity index (χ2v) is 8.33. The summed E-state index contributed by atoms with van der Waals surface area (Å²) in [4.78, 5) is 30.9. The van der Waals surface area contributed by atoms with Crippen LogP contribution in [0.5, 0.6) is 0 Å². The number of nitrogens with one attached hydrogen (secondary N) is 1. The van der Waals surface area contributed by atoms with E-state index in [1.165, 1.54) is 6.07 Å². The molecule has 0 saturated carbocycles. The molecule has 2 fully saturated rings. The highest BCUT2D eigenvalue weighted by atomic mass is 19.4. The minimum absolute atomic E-state index is 0.0894. The van der Waals surface area contributed by atoms with Gasteiger partial charge in [-0.25, -0.2) is 0 Å². The normalized spacial score (nSPS) is 25.4. The quantitative estimate of drug-likeness (QED) is 0.735. The molecule has 1 aromatic carbocycles. The summed E-state index contributed by atoms with van der Waals surface area (Å²) in [6.45, 7) is 2.01. The molecule has 1 aromatic heterocycles. The first-order valence-electron chi connectivity index (χ1n) is 10.6. The molecule has 9 nitrogen and oxygen atoms in total. The molecule has 2 saturated heterocycles. The van der Waals surface area contributed by atoms with E-state index in [4.69, 9.17) is 9.47 Å². The SMILES string of the molecule is O=C(N[C@H]1CCOC[C@@H]1N1Cc2ccc(-c3noc(C(F)(F)F)n3)cc2C1=O)[C@@H]1CCOC1. The third-order valence-corrected chi connectivity index (χ3v) is 6.22. The van der Waals surface area contributed by atoms with Gasteiger partial charge >= 0.3 is 12.1 Å². The topological polar surface area (TPSA) is 107 Å². The van der Waals surface area contributed by atoms with E-state index in [0.29, 0.717) is 44.8 Å². The lowest BCUT2D eigenvalue weighted by atomic mass is 10.00. The van der Waals surface area contributed by atoms with Gasteiger partial charge in [0.2, 0.25) is 11.7 Å². The molecule has 3 aliphatic rings. The van der Waals surface area contributed by atoms with Crippen molar-refractivity contribution >= 4 is 11.8 Å². The van der Waals surface area contributed by atoms with Gasteiger partial charge < -0.3 is 24.2 Å². The van der Waals surface area contributed by atoms with Crippen molar-refractivity contribution in [2.75, 3.05) is 26.4 Å². The zero-order chi connectivity index (χ0) is 23.2. The minimum atomic E-state index is -4.75. The van der Waals surface area contributed by atoms with E-state index in [1.54, 1.807) is 17.0 Å². The highest BCUT2D eigenvalue weighted by Crippen LogP contribution is 2.33. The highest BCUT2D eigenvalue weighted by molar-refractivity contribution is 5.99. The maximum Gasteiger partial charge on any atom is 0.471 e. The van der Waals surface area contributed by atoms with Crippen LogP contribution in [0.15, 0.2) is 22.7 Å². The molecule has 0 bridgehead atoms. The zero-order valence-electron chi connectivity index (χ0n) is 17.4. The van der Waals surface area contributed by atoms with Crippen molar-refractivity contribution in [3.05, 3.63) is 35.2 Å². The molecule has 0 aliphatic carbocycles. The molecule has 176 valence electrons. The van der Waals surface area contributed by atoms with Gasteiger partial charge in [0.25, 0.3) is 5.91 Å². The van der Waals surface area contributed by atoms with Crippen LogP contribution in [-0.4, -0.2) is 65.4 Å². The molecule has 3 atom stereocenters. The van der Waals surface area contributed by atoms with Gasteiger partial charge in [-0.05, 0) is 24.5 Å². The summed E-state index contributed by atoms with van der Waals surface area (Å²) in [5.74, 6) is -2.27. The summed E-state index contributed by atoms with van der Waals surface area (Å²) in [6.07, 6.45) is -3.51. The monoisotopic (exact) mass is 466 g/mol. The first-order chi connectivity index (χ1) is 15.8. The summed E-state index contributed by atoms with van der Waals surface area (Å²) in [5, 5.41) is 6.44. The summed E-state index contributed by atoms with van der Waals surface area (Å²) in [7, 11) is 0. The first kappa shape index (κ1) is 21.8. The number of carbonyl (C=O) groups is 2. The molecular formula is C21H21F3N4O5. The summed E-state index contributed by atoms with van der Waals surface area (Å²) >= 11 is 0. The molecule has 12 heteroatoms. The molecule has 5 rings (SSSR count). The summed E-state index contributed by atoms with van der Waals surface area (Å²) in [5.41, 5.74) is 1.32. The Hall–Kier alpha value is -2.99. The number of alkyl halides is 3. The maximum atomic E-state index is 13.2. The number of amides is 2. The number of benzene rings is 1. The van der Waals surface area contributed by atoms with Gasteiger partial charge in [0.1, 0.15) is 0 Å². The molecule has 33 heavy (non-hydrogen) atoms. The van der Waals surface area contributed by atoms with Gasteiger partial charge in [0, 0.05) is 30.9 Å². The van der Waals surface area contributed by atoms with Crippen LogP contribution in [0.4, 0.5) is 13.2 Å². The van der Waals surface area contributed by atoms with Crippen molar-refractivity contribution in [2.45, 2.75) is 37.6 Å². The number of fused-ring (bicyclic) bond motifs is 1. The number of hydrogen-bond donors (Lipinski definition) is 1.